The van der Waals surface area contributed by atoms with E-state index >= 15 is 0 Å². The summed E-state index contributed by atoms with van der Waals surface area (Å²) in [6, 6.07) is 7.95. The van der Waals surface area contributed by atoms with Crippen LogP contribution in [0.25, 0.3) is 0 Å². The van der Waals surface area contributed by atoms with Crippen molar-refractivity contribution in [3.8, 4) is 0 Å². The van der Waals surface area contributed by atoms with Crippen molar-refractivity contribution in [2.75, 3.05) is 32.4 Å². The second-order valence-electron chi connectivity index (χ2n) is 5.70. The van der Waals surface area contributed by atoms with E-state index in [1.165, 1.54) is 5.56 Å². The van der Waals surface area contributed by atoms with Gasteiger partial charge < -0.3 is 15.3 Å². The van der Waals surface area contributed by atoms with Crippen molar-refractivity contribution in [1.82, 2.24) is 10.2 Å². The number of nitrogens with one attached hydrogen (secondary N) is 1. The van der Waals surface area contributed by atoms with Gasteiger partial charge in [0, 0.05) is 41.6 Å². The molecule has 118 valence electrons. The lowest BCUT2D eigenvalue weighted by Gasteiger charge is -2.29. The second kappa shape index (κ2) is 8.63. The predicted octanol–water partition coefficient (Wildman–Crippen LogP) is 1.36. The minimum atomic E-state index is -0.895. The van der Waals surface area contributed by atoms with Gasteiger partial charge in [0.05, 0.1) is 6.10 Å². The van der Waals surface area contributed by atoms with E-state index in [0.29, 0.717) is 0 Å². The van der Waals surface area contributed by atoms with E-state index in [1.54, 1.807) is 6.26 Å². The number of nitrogens with zero attached hydrogens (tertiary/aromatic N) is 1. The molecular formula is C16H26N2O2S. The molecule has 1 unspecified atom stereocenters. The first-order valence-corrected chi connectivity index (χ1v) is 9.24. The van der Waals surface area contributed by atoms with E-state index in [4.69, 9.17) is 0 Å². The topological polar surface area (TPSA) is 52.6 Å². The summed E-state index contributed by atoms with van der Waals surface area (Å²) >= 11 is 0. The van der Waals surface area contributed by atoms with Crippen LogP contribution < -0.4 is 5.32 Å². The molecule has 1 heterocycles. The lowest BCUT2D eigenvalue weighted by Crippen LogP contribution is -2.37. The quantitative estimate of drug-likeness (QED) is 0.747. The van der Waals surface area contributed by atoms with Gasteiger partial charge in [-0.25, -0.2) is 0 Å². The molecule has 0 bridgehead atoms. The highest BCUT2D eigenvalue weighted by molar-refractivity contribution is 7.84. The number of rotatable bonds is 7. The zero-order chi connectivity index (χ0) is 15.1. The van der Waals surface area contributed by atoms with E-state index in [0.717, 1.165) is 56.9 Å². The Morgan fingerprint density at radius 3 is 2.57 bits per heavy atom. The Balaban J connectivity index is 1.58. The molecule has 0 aromatic heterocycles. The minimum Gasteiger partial charge on any atom is -0.393 e. The van der Waals surface area contributed by atoms with E-state index in [-0.39, 0.29) is 6.10 Å². The van der Waals surface area contributed by atoms with E-state index in [9.17, 15) is 9.32 Å². The minimum absolute atomic E-state index is 0.0835. The number of hydrogen-bond donors (Lipinski definition) is 2. The third-order valence-electron chi connectivity index (χ3n) is 3.97. The van der Waals surface area contributed by atoms with Crippen LogP contribution in [-0.4, -0.2) is 52.8 Å². The molecule has 1 aromatic rings. The van der Waals surface area contributed by atoms with Gasteiger partial charge in [0.1, 0.15) is 0 Å². The van der Waals surface area contributed by atoms with Gasteiger partial charge in [-0.15, -0.1) is 0 Å². The van der Waals surface area contributed by atoms with Crippen molar-refractivity contribution in [1.29, 1.82) is 0 Å². The molecule has 1 saturated heterocycles. The van der Waals surface area contributed by atoms with Gasteiger partial charge in [0.25, 0.3) is 0 Å². The predicted molar refractivity (Wildman–Crippen MR) is 86.8 cm³/mol. The molecule has 0 radical (unpaired) electrons. The van der Waals surface area contributed by atoms with Crippen molar-refractivity contribution >= 4 is 10.8 Å². The van der Waals surface area contributed by atoms with Crippen LogP contribution in [0.2, 0.25) is 0 Å². The van der Waals surface area contributed by atoms with Crippen LogP contribution in [0.5, 0.6) is 0 Å². The van der Waals surface area contributed by atoms with Crippen molar-refractivity contribution in [3.05, 3.63) is 29.8 Å². The molecule has 1 aliphatic heterocycles. The van der Waals surface area contributed by atoms with E-state index in [2.05, 4.69) is 10.2 Å². The summed E-state index contributed by atoms with van der Waals surface area (Å²) in [5.41, 5.74) is 1.23. The monoisotopic (exact) mass is 310 g/mol. The Hall–Kier alpha value is -0.750. The van der Waals surface area contributed by atoms with E-state index < -0.39 is 10.8 Å². The Bertz CT molecular complexity index is 442. The Labute approximate surface area is 130 Å². The average Bonchev–Trinajstić information content (AvgIpc) is 2.49. The van der Waals surface area contributed by atoms with Gasteiger partial charge in [0.2, 0.25) is 0 Å². The van der Waals surface area contributed by atoms with Crippen LogP contribution in [-0.2, 0) is 17.3 Å². The average molecular weight is 310 g/mol. The van der Waals surface area contributed by atoms with Gasteiger partial charge in [-0.2, -0.15) is 0 Å². The molecule has 0 aliphatic carbocycles. The Morgan fingerprint density at radius 2 is 1.95 bits per heavy atom. The highest BCUT2D eigenvalue weighted by Crippen LogP contribution is 2.10. The standard InChI is InChI=1S/C16H26N2O2S/c1-21(20)16-5-3-14(4-6-16)13-17-9-2-10-18-11-7-15(19)8-12-18/h3-6,15,17,19H,2,7-13H2,1H3. The zero-order valence-corrected chi connectivity index (χ0v) is 13.6. The summed E-state index contributed by atoms with van der Waals surface area (Å²) in [6.07, 6.45) is 4.58. The fourth-order valence-electron chi connectivity index (χ4n) is 2.60. The Kier molecular flexibility index (Phi) is 6.83. The fraction of sp³-hybridized carbons (Fsp3) is 0.625. The molecule has 2 rings (SSSR count). The smallest absolute Gasteiger partial charge is 0.0564 e. The van der Waals surface area contributed by atoms with E-state index in [1.807, 2.05) is 24.3 Å². The molecule has 0 amide bonds. The molecule has 4 nitrogen and oxygen atoms in total. The Morgan fingerprint density at radius 1 is 1.29 bits per heavy atom. The number of aliphatic hydroxyl groups excluding tert-OH is 1. The lowest BCUT2D eigenvalue weighted by molar-refractivity contribution is 0.0821. The summed E-state index contributed by atoms with van der Waals surface area (Å²) in [4.78, 5) is 3.31. The maximum atomic E-state index is 11.3. The molecule has 0 saturated carbocycles. The maximum absolute atomic E-state index is 11.3. The number of aliphatic hydroxyl groups is 1. The van der Waals surface area contributed by atoms with Crippen molar-refractivity contribution in [3.63, 3.8) is 0 Å². The molecule has 5 heteroatoms. The van der Waals surface area contributed by atoms with Gasteiger partial charge in [-0.05, 0) is 50.0 Å². The maximum Gasteiger partial charge on any atom is 0.0564 e. The first kappa shape index (κ1) is 16.6. The van der Waals surface area contributed by atoms with Crippen molar-refractivity contribution in [2.45, 2.75) is 36.8 Å². The van der Waals surface area contributed by atoms with Crippen molar-refractivity contribution in [2.24, 2.45) is 0 Å². The third kappa shape index (κ3) is 5.87. The molecular weight excluding hydrogens is 284 g/mol. The molecule has 21 heavy (non-hydrogen) atoms. The van der Waals surface area contributed by atoms with Gasteiger partial charge in [-0.3, -0.25) is 4.21 Å². The first-order valence-electron chi connectivity index (χ1n) is 7.68. The third-order valence-corrected chi connectivity index (χ3v) is 4.91. The number of hydrogen-bond acceptors (Lipinski definition) is 4. The normalized spacial score (nSPS) is 18.8. The highest BCUT2D eigenvalue weighted by Gasteiger charge is 2.15. The summed E-state index contributed by atoms with van der Waals surface area (Å²) in [7, 11) is -0.895. The SMILES string of the molecule is CS(=O)c1ccc(CNCCCN2CCC(O)CC2)cc1. The summed E-state index contributed by atoms with van der Waals surface area (Å²) in [6.45, 7) is 5.01. The summed E-state index contributed by atoms with van der Waals surface area (Å²) in [5, 5.41) is 12.9. The van der Waals surface area contributed by atoms with Crippen LogP contribution in [0.3, 0.4) is 0 Å². The van der Waals surface area contributed by atoms with Crippen LogP contribution in [0, 0.1) is 0 Å². The molecule has 1 aliphatic rings. The molecule has 1 fully saturated rings. The summed E-state index contributed by atoms with van der Waals surface area (Å²) < 4.78 is 11.3. The lowest BCUT2D eigenvalue weighted by atomic mass is 10.1. The first-order chi connectivity index (χ1) is 10.1. The van der Waals surface area contributed by atoms with Gasteiger partial charge >= 0.3 is 0 Å². The molecule has 0 spiro atoms. The van der Waals surface area contributed by atoms with Gasteiger partial charge in [0.15, 0.2) is 0 Å². The fourth-order valence-corrected chi connectivity index (χ4v) is 3.12. The molecule has 2 N–H and O–H groups in total. The van der Waals surface area contributed by atoms with Crippen LogP contribution in [0.1, 0.15) is 24.8 Å². The number of benzene rings is 1. The van der Waals surface area contributed by atoms with Crippen LogP contribution in [0.4, 0.5) is 0 Å². The van der Waals surface area contributed by atoms with Crippen LogP contribution in [0.15, 0.2) is 29.2 Å². The number of likely N-dealkylation sites (tertiary alicyclic amines) is 1. The largest absolute Gasteiger partial charge is 0.393 e. The van der Waals surface area contributed by atoms with Crippen molar-refractivity contribution < 1.29 is 9.32 Å². The van der Waals surface area contributed by atoms with Crippen LogP contribution >= 0.6 is 0 Å². The zero-order valence-electron chi connectivity index (χ0n) is 12.8. The van der Waals surface area contributed by atoms with Gasteiger partial charge in [-0.1, -0.05) is 12.1 Å². The summed E-state index contributed by atoms with van der Waals surface area (Å²) in [5.74, 6) is 0. The molecule has 1 atom stereocenters. The second-order valence-corrected chi connectivity index (χ2v) is 7.08. The molecule has 1 aromatic carbocycles. The highest BCUT2D eigenvalue weighted by atomic mass is 32.2. The number of piperidine rings is 1.